The van der Waals surface area contributed by atoms with Crippen LogP contribution in [0.4, 0.5) is 0 Å². The first-order valence-electron chi connectivity index (χ1n) is 6.45. The van der Waals surface area contributed by atoms with E-state index in [1.165, 1.54) is 4.90 Å². The van der Waals surface area contributed by atoms with Crippen molar-refractivity contribution in [2.45, 2.75) is 39.2 Å². The standard InChI is InChI=1S/C12H21NO5S/c1-9(2)7-19(17,18)8-11(14)13-6-4-3-5-10(13)12(15)16/h9-10H,3-8H2,1-2H3,(H,15,16). The lowest BCUT2D eigenvalue weighted by Gasteiger charge is -2.32. The molecule has 1 aliphatic rings. The predicted molar refractivity (Wildman–Crippen MR) is 70.5 cm³/mol. The Morgan fingerprint density at radius 1 is 1.32 bits per heavy atom. The number of carbonyl (C=O) groups excluding carboxylic acids is 1. The maximum Gasteiger partial charge on any atom is 0.326 e. The molecule has 1 N–H and O–H groups in total. The Morgan fingerprint density at radius 3 is 2.47 bits per heavy atom. The third kappa shape index (κ3) is 4.81. The number of nitrogens with zero attached hydrogens (tertiary/aromatic N) is 1. The van der Waals surface area contributed by atoms with Crippen LogP contribution in [0.25, 0.3) is 0 Å². The molecule has 1 saturated heterocycles. The first-order chi connectivity index (χ1) is 8.73. The summed E-state index contributed by atoms with van der Waals surface area (Å²) in [6.07, 6.45) is 1.87. The summed E-state index contributed by atoms with van der Waals surface area (Å²) in [6.45, 7) is 3.86. The molecule has 0 radical (unpaired) electrons. The van der Waals surface area contributed by atoms with Crippen LogP contribution >= 0.6 is 0 Å². The zero-order valence-electron chi connectivity index (χ0n) is 11.3. The molecular formula is C12H21NO5S. The molecule has 7 heteroatoms. The lowest BCUT2D eigenvalue weighted by Crippen LogP contribution is -2.50. The minimum Gasteiger partial charge on any atom is -0.480 e. The van der Waals surface area contributed by atoms with Crippen molar-refractivity contribution in [1.29, 1.82) is 0 Å². The number of rotatable bonds is 5. The number of hydrogen-bond acceptors (Lipinski definition) is 4. The summed E-state index contributed by atoms with van der Waals surface area (Å²) in [5, 5.41) is 9.06. The zero-order valence-corrected chi connectivity index (χ0v) is 12.1. The van der Waals surface area contributed by atoms with Gasteiger partial charge in [-0.05, 0) is 25.2 Å². The molecule has 0 aromatic heterocycles. The molecule has 1 fully saturated rings. The largest absolute Gasteiger partial charge is 0.480 e. The van der Waals surface area contributed by atoms with E-state index in [4.69, 9.17) is 5.11 Å². The molecule has 1 aliphatic heterocycles. The smallest absolute Gasteiger partial charge is 0.326 e. The lowest BCUT2D eigenvalue weighted by atomic mass is 10.0. The summed E-state index contributed by atoms with van der Waals surface area (Å²) < 4.78 is 23.6. The highest BCUT2D eigenvalue weighted by atomic mass is 32.2. The van der Waals surface area contributed by atoms with Crippen LogP contribution in [0.15, 0.2) is 0 Å². The second-order valence-corrected chi connectivity index (χ2v) is 7.49. The van der Waals surface area contributed by atoms with E-state index >= 15 is 0 Å². The van der Waals surface area contributed by atoms with E-state index in [1.807, 2.05) is 0 Å². The number of carboxylic acids is 1. The summed E-state index contributed by atoms with van der Waals surface area (Å²) >= 11 is 0. The summed E-state index contributed by atoms with van der Waals surface area (Å²) in [4.78, 5) is 24.3. The number of likely N-dealkylation sites (tertiary alicyclic amines) is 1. The molecule has 0 aromatic rings. The molecule has 0 aliphatic carbocycles. The van der Waals surface area contributed by atoms with Gasteiger partial charge in [-0.15, -0.1) is 0 Å². The van der Waals surface area contributed by atoms with E-state index < -0.39 is 33.5 Å². The highest BCUT2D eigenvalue weighted by Gasteiger charge is 2.33. The molecule has 110 valence electrons. The van der Waals surface area contributed by atoms with Crippen molar-refractivity contribution in [1.82, 2.24) is 4.90 Å². The van der Waals surface area contributed by atoms with Crippen molar-refractivity contribution < 1.29 is 23.1 Å². The summed E-state index contributed by atoms with van der Waals surface area (Å²) in [7, 11) is -3.46. The third-order valence-electron chi connectivity index (χ3n) is 3.04. The predicted octanol–water partition coefficient (Wildman–Crippen LogP) is 0.523. The molecule has 0 spiro atoms. The Kier molecular flexibility index (Phi) is 5.34. The fourth-order valence-electron chi connectivity index (χ4n) is 2.32. The highest BCUT2D eigenvalue weighted by Crippen LogP contribution is 2.18. The van der Waals surface area contributed by atoms with Crippen molar-refractivity contribution in [2.24, 2.45) is 5.92 Å². The molecule has 1 rings (SSSR count). The quantitative estimate of drug-likeness (QED) is 0.797. The monoisotopic (exact) mass is 291 g/mol. The van der Waals surface area contributed by atoms with E-state index in [0.29, 0.717) is 13.0 Å². The Hall–Kier alpha value is -1.11. The number of carbonyl (C=O) groups is 2. The van der Waals surface area contributed by atoms with Gasteiger partial charge in [-0.2, -0.15) is 0 Å². The maximum atomic E-state index is 12.0. The third-order valence-corrected chi connectivity index (χ3v) is 4.90. The second-order valence-electron chi connectivity index (χ2n) is 5.39. The summed E-state index contributed by atoms with van der Waals surface area (Å²) in [5.74, 6) is -2.34. The lowest BCUT2D eigenvalue weighted by molar-refractivity contribution is -0.151. The van der Waals surface area contributed by atoms with Gasteiger partial charge in [0.1, 0.15) is 11.8 Å². The average molecular weight is 291 g/mol. The number of carboxylic acid groups (broad SMARTS) is 1. The number of sulfone groups is 1. The van der Waals surface area contributed by atoms with E-state index in [-0.39, 0.29) is 11.7 Å². The van der Waals surface area contributed by atoms with Gasteiger partial charge in [0.05, 0.1) is 5.75 Å². The molecule has 1 unspecified atom stereocenters. The van der Waals surface area contributed by atoms with Crippen molar-refractivity contribution in [3.8, 4) is 0 Å². The Balaban J connectivity index is 2.73. The SMILES string of the molecule is CC(C)CS(=O)(=O)CC(=O)N1CCCCC1C(=O)O. The average Bonchev–Trinajstić information content (AvgIpc) is 2.26. The van der Waals surface area contributed by atoms with Crippen LogP contribution in [-0.4, -0.2) is 54.4 Å². The minimum atomic E-state index is -3.46. The molecule has 1 amide bonds. The van der Waals surface area contributed by atoms with Crippen LogP contribution in [0.1, 0.15) is 33.1 Å². The molecule has 0 aromatic carbocycles. The Morgan fingerprint density at radius 2 is 1.95 bits per heavy atom. The van der Waals surface area contributed by atoms with Gasteiger partial charge in [-0.1, -0.05) is 13.8 Å². The van der Waals surface area contributed by atoms with Gasteiger partial charge >= 0.3 is 5.97 Å². The van der Waals surface area contributed by atoms with Gasteiger partial charge in [-0.3, -0.25) is 4.79 Å². The van der Waals surface area contributed by atoms with Crippen molar-refractivity contribution >= 4 is 21.7 Å². The van der Waals surface area contributed by atoms with Gasteiger partial charge in [-0.25, -0.2) is 13.2 Å². The maximum absolute atomic E-state index is 12.0. The molecular weight excluding hydrogens is 270 g/mol. The number of amides is 1. The van der Waals surface area contributed by atoms with Crippen LogP contribution in [0, 0.1) is 5.92 Å². The summed E-state index contributed by atoms with van der Waals surface area (Å²) in [5.41, 5.74) is 0. The molecule has 19 heavy (non-hydrogen) atoms. The fraction of sp³-hybridized carbons (Fsp3) is 0.833. The van der Waals surface area contributed by atoms with Crippen molar-refractivity contribution in [2.75, 3.05) is 18.1 Å². The number of aliphatic carboxylic acids is 1. The Labute approximate surface area is 113 Å². The van der Waals surface area contributed by atoms with Crippen LogP contribution < -0.4 is 0 Å². The van der Waals surface area contributed by atoms with Gasteiger partial charge in [0.2, 0.25) is 5.91 Å². The highest BCUT2D eigenvalue weighted by molar-refractivity contribution is 7.92. The fourth-order valence-corrected chi connectivity index (χ4v) is 4.00. The first-order valence-corrected chi connectivity index (χ1v) is 8.28. The molecule has 1 heterocycles. The van der Waals surface area contributed by atoms with Crippen molar-refractivity contribution in [3.63, 3.8) is 0 Å². The number of piperidine rings is 1. The topological polar surface area (TPSA) is 91.8 Å². The molecule has 1 atom stereocenters. The zero-order chi connectivity index (χ0) is 14.6. The van der Waals surface area contributed by atoms with Crippen LogP contribution in [-0.2, 0) is 19.4 Å². The van der Waals surface area contributed by atoms with E-state index in [1.54, 1.807) is 13.8 Å². The van der Waals surface area contributed by atoms with Gasteiger partial charge in [0, 0.05) is 6.54 Å². The summed E-state index contributed by atoms with van der Waals surface area (Å²) in [6, 6.07) is -0.879. The molecule has 0 bridgehead atoms. The van der Waals surface area contributed by atoms with E-state index in [2.05, 4.69) is 0 Å². The van der Waals surface area contributed by atoms with E-state index in [0.717, 1.165) is 12.8 Å². The number of hydrogen-bond donors (Lipinski definition) is 1. The van der Waals surface area contributed by atoms with Crippen LogP contribution in [0.2, 0.25) is 0 Å². The minimum absolute atomic E-state index is 0.0468. The van der Waals surface area contributed by atoms with Crippen LogP contribution in [0.3, 0.4) is 0 Å². The Bertz CT molecular complexity index is 443. The second kappa shape index (κ2) is 6.36. The van der Waals surface area contributed by atoms with Gasteiger partial charge in [0.25, 0.3) is 0 Å². The first kappa shape index (κ1) is 15.9. The van der Waals surface area contributed by atoms with Gasteiger partial charge in [0.15, 0.2) is 9.84 Å². The van der Waals surface area contributed by atoms with E-state index in [9.17, 15) is 18.0 Å². The molecule has 6 nitrogen and oxygen atoms in total. The molecule has 0 saturated carbocycles. The normalized spacial score (nSPS) is 20.6. The van der Waals surface area contributed by atoms with Gasteiger partial charge < -0.3 is 10.0 Å². The van der Waals surface area contributed by atoms with Crippen molar-refractivity contribution in [3.05, 3.63) is 0 Å². The van der Waals surface area contributed by atoms with Crippen LogP contribution in [0.5, 0.6) is 0 Å².